The zero-order chi connectivity index (χ0) is 14.7. The standard InChI is InChI=1S/C16H13ClN2O2/c1-11-2-4-12(5-3-11)16-18-15(19-21-16)10-20-14-8-6-13(17)7-9-14/h2-9H,10H2,1H3. The van der Waals surface area contributed by atoms with Gasteiger partial charge in [-0.25, -0.2) is 0 Å². The summed E-state index contributed by atoms with van der Waals surface area (Å²) in [6.45, 7) is 2.28. The Labute approximate surface area is 127 Å². The van der Waals surface area contributed by atoms with Crippen LogP contribution in [0, 0.1) is 6.92 Å². The van der Waals surface area contributed by atoms with E-state index in [1.807, 2.05) is 31.2 Å². The lowest BCUT2D eigenvalue weighted by atomic mass is 10.1. The number of hydrogen-bond donors (Lipinski definition) is 0. The normalized spacial score (nSPS) is 10.6. The molecule has 0 radical (unpaired) electrons. The SMILES string of the molecule is Cc1ccc(-c2nc(COc3ccc(Cl)cc3)no2)cc1. The first-order chi connectivity index (χ1) is 10.2. The zero-order valence-corrected chi connectivity index (χ0v) is 12.2. The molecular weight excluding hydrogens is 288 g/mol. The Bertz CT molecular complexity index is 721. The van der Waals surface area contributed by atoms with Gasteiger partial charge in [-0.05, 0) is 43.3 Å². The highest BCUT2D eigenvalue weighted by Gasteiger charge is 2.09. The third-order valence-electron chi connectivity index (χ3n) is 2.95. The number of hydrogen-bond acceptors (Lipinski definition) is 4. The van der Waals surface area contributed by atoms with Gasteiger partial charge in [0.05, 0.1) is 0 Å². The highest BCUT2D eigenvalue weighted by Crippen LogP contribution is 2.19. The number of benzene rings is 2. The molecule has 0 unspecified atom stereocenters. The number of ether oxygens (including phenoxy) is 1. The molecule has 0 saturated heterocycles. The van der Waals surface area contributed by atoms with Crippen molar-refractivity contribution in [2.45, 2.75) is 13.5 Å². The molecule has 2 aromatic carbocycles. The number of rotatable bonds is 4. The second-order valence-electron chi connectivity index (χ2n) is 4.62. The van der Waals surface area contributed by atoms with Crippen molar-refractivity contribution in [1.29, 1.82) is 0 Å². The maximum Gasteiger partial charge on any atom is 0.258 e. The summed E-state index contributed by atoms with van der Waals surface area (Å²) in [5.41, 5.74) is 2.08. The van der Waals surface area contributed by atoms with E-state index in [4.69, 9.17) is 20.9 Å². The van der Waals surface area contributed by atoms with Crippen molar-refractivity contribution in [3.05, 3.63) is 64.9 Å². The molecule has 1 aromatic heterocycles. The van der Waals surface area contributed by atoms with Crippen molar-refractivity contribution in [3.8, 4) is 17.2 Å². The van der Waals surface area contributed by atoms with Crippen molar-refractivity contribution >= 4 is 11.6 Å². The molecule has 3 rings (SSSR count). The average Bonchev–Trinajstić information content (AvgIpc) is 2.96. The molecule has 21 heavy (non-hydrogen) atoms. The monoisotopic (exact) mass is 300 g/mol. The van der Waals surface area contributed by atoms with Gasteiger partial charge in [0.2, 0.25) is 5.82 Å². The Morgan fingerprint density at radius 1 is 1.05 bits per heavy atom. The first-order valence-electron chi connectivity index (χ1n) is 6.49. The maximum absolute atomic E-state index is 5.82. The van der Waals surface area contributed by atoms with E-state index < -0.39 is 0 Å². The Morgan fingerprint density at radius 2 is 1.76 bits per heavy atom. The van der Waals surface area contributed by atoms with Crippen molar-refractivity contribution in [2.75, 3.05) is 0 Å². The predicted octanol–water partition coefficient (Wildman–Crippen LogP) is 4.28. The van der Waals surface area contributed by atoms with Crippen LogP contribution in [0.5, 0.6) is 5.75 Å². The van der Waals surface area contributed by atoms with Crippen LogP contribution in [0.4, 0.5) is 0 Å². The largest absolute Gasteiger partial charge is 0.485 e. The molecule has 3 aromatic rings. The van der Waals surface area contributed by atoms with Gasteiger partial charge in [0, 0.05) is 10.6 Å². The summed E-state index contributed by atoms with van der Waals surface area (Å²) in [5, 5.41) is 4.58. The number of halogens is 1. The van der Waals surface area contributed by atoms with Crippen LogP contribution < -0.4 is 4.74 Å². The van der Waals surface area contributed by atoms with Crippen molar-refractivity contribution < 1.29 is 9.26 Å². The molecule has 0 saturated carbocycles. The first kappa shape index (κ1) is 13.6. The molecule has 106 valence electrons. The predicted molar refractivity (Wildman–Crippen MR) is 80.3 cm³/mol. The Hall–Kier alpha value is -2.33. The fourth-order valence-corrected chi connectivity index (χ4v) is 1.93. The fourth-order valence-electron chi connectivity index (χ4n) is 1.80. The van der Waals surface area contributed by atoms with Gasteiger partial charge in [0.1, 0.15) is 5.75 Å². The summed E-state index contributed by atoms with van der Waals surface area (Å²) in [4.78, 5) is 4.31. The Morgan fingerprint density at radius 3 is 2.48 bits per heavy atom. The smallest absolute Gasteiger partial charge is 0.258 e. The summed E-state index contributed by atoms with van der Waals surface area (Å²) >= 11 is 5.82. The van der Waals surface area contributed by atoms with E-state index in [1.165, 1.54) is 5.56 Å². The lowest BCUT2D eigenvalue weighted by molar-refractivity contribution is 0.287. The van der Waals surface area contributed by atoms with Crippen molar-refractivity contribution in [2.24, 2.45) is 0 Å². The van der Waals surface area contributed by atoms with Crippen LogP contribution in [-0.2, 0) is 6.61 Å². The molecule has 5 heteroatoms. The van der Waals surface area contributed by atoms with Crippen LogP contribution in [0.25, 0.3) is 11.5 Å². The third-order valence-corrected chi connectivity index (χ3v) is 3.20. The van der Waals surface area contributed by atoms with E-state index in [0.29, 0.717) is 22.5 Å². The second-order valence-corrected chi connectivity index (χ2v) is 5.06. The minimum atomic E-state index is 0.247. The molecule has 0 fully saturated rings. The minimum Gasteiger partial charge on any atom is -0.485 e. The molecule has 0 amide bonds. The molecule has 0 aliphatic carbocycles. The van der Waals surface area contributed by atoms with Gasteiger partial charge in [-0.15, -0.1) is 0 Å². The lowest BCUT2D eigenvalue weighted by Crippen LogP contribution is -1.97. The van der Waals surface area contributed by atoms with Gasteiger partial charge in [-0.3, -0.25) is 0 Å². The van der Waals surface area contributed by atoms with Gasteiger partial charge in [0.25, 0.3) is 5.89 Å². The van der Waals surface area contributed by atoms with Crippen LogP contribution in [0.2, 0.25) is 5.02 Å². The Balaban J connectivity index is 1.67. The highest BCUT2D eigenvalue weighted by molar-refractivity contribution is 6.30. The maximum atomic E-state index is 5.82. The molecule has 0 aliphatic rings. The molecule has 4 nitrogen and oxygen atoms in total. The van der Waals surface area contributed by atoms with E-state index in [0.717, 1.165) is 5.56 Å². The van der Waals surface area contributed by atoms with E-state index in [1.54, 1.807) is 24.3 Å². The fraction of sp³-hybridized carbons (Fsp3) is 0.125. The van der Waals surface area contributed by atoms with Crippen LogP contribution >= 0.6 is 11.6 Å². The summed E-state index contributed by atoms with van der Waals surface area (Å²) < 4.78 is 10.8. The molecule has 0 N–H and O–H groups in total. The topological polar surface area (TPSA) is 48.2 Å². The summed E-state index contributed by atoms with van der Waals surface area (Å²) in [5.74, 6) is 1.70. The number of aryl methyl sites for hydroxylation is 1. The van der Waals surface area contributed by atoms with Crippen LogP contribution in [0.1, 0.15) is 11.4 Å². The Kier molecular flexibility index (Phi) is 3.88. The highest BCUT2D eigenvalue weighted by atomic mass is 35.5. The molecular formula is C16H13ClN2O2. The molecule has 1 heterocycles. The summed E-state index contributed by atoms with van der Waals surface area (Å²) in [6.07, 6.45) is 0. The van der Waals surface area contributed by atoms with Gasteiger partial charge in [-0.2, -0.15) is 4.98 Å². The lowest BCUT2D eigenvalue weighted by Gasteiger charge is -2.02. The van der Waals surface area contributed by atoms with Gasteiger partial charge in [-0.1, -0.05) is 34.5 Å². The average molecular weight is 301 g/mol. The van der Waals surface area contributed by atoms with E-state index in [2.05, 4.69) is 10.1 Å². The summed E-state index contributed by atoms with van der Waals surface area (Å²) in [7, 11) is 0. The zero-order valence-electron chi connectivity index (χ0n) is 11.4. The van der Waals surface area contributed by atoms with Gasteiger partial charge < -0.3 is 9.26 Å². The van der Waals surface area contributed by atoms with Gasteiger partial charge in [0.15, 0.2) is 6.61 Å². The number of nitrogens with zero attached hydrogens (tertiary/aromatic N) is 2. The second kappa shape index (κ2) is 5.97. The molecule has 0 atom stereocenters. The first-order valence-corrected chi connectivity index (χ1v) is 6.86. The minimum absolute atomic E-state index is 0.247. The van der Waals surface area contributed by atoms with Crippen molar-refractivity contribution in [3.63, 3.8) is 0 Å². The molecule has 0 spiro atoms. The molecule has 0 bridgehead atoms. The number of aromatic nitrogens is 2. The van der Waals surface area contributed by atoms with Crippen LogP contribution in [-0.4, -0.2) is 10.1 Å². The van der Waals surface area contributed by atoms with E-state index >= 15 is 0 Å². The van der Waals surface area contributed by atoms with Crippen LogP contribution in [0.15, 0.2) is 53.1 Å². The summed E-state index contributed by atoms with van der Waals surface area (Å²) in [6, 6.07) is 15.0. The quantitative estimate of drug-likeness (QED) is 0.721. The molecule has 0 aliphatic heterocycles. The van der Waals surface area contributed by atoms with E-state index in [9.17, 15) is 0 Å². The van der Waals surface area contributed by atoms with Crippen LogP contribution in [0.3, 0.4) is 0 Å². The third kappa shape index (κ3) is 3.41. The van der Waals surface area contributed by atoms with Crippen molar-refractivity contribution in [1.82, 2.24) is 10.1 Å². The van der Waals surface area contributed by atoms with E-state index in [-0.39, 0.29) is 6.61 Å². The van der Waals surface area contributed by atoms with Gasteiger partial charge >= 0.3 is 0 Å².